The van der Waals surface area contributed by atoms with Crippen molar-refractivity contribution in [3.8, 4) is 0 Å². The lowest BCUT2D eigenvalue weighted by molar-refractivity contribution is -0.137. The van der Waals surface area contributed by atoms with E-state index in [0.717, 1.165) is 43.4 Å². The van der Waals surface area contributed by atoms with Crippen LogP contribution in [-0.2, 0) is 4.79 Å². The van der Waals surface area contributed by atoms with Gasteiger partial charge in [-0.2, -0.15) is 0 Å². The van der Waals surface area contributed by atoms with E-state index in [1.54, 1.807) is 5.57 Å². The van der Waals surface area contributed by atoms with Gasteiger partial charge in [0.05, 0.1) is 6.10 Å². The maximum atomic E-state index is 11.0. The Labute approximate surface area is 164 Å². The highest BCUT2D eigenvalue weighted by molar-refractivity contribution is 5.66. The van der Waals surface area contributed by atoms with Gasteiger partial charge < -0.3 is 10.2 Å². The van der Waals surface area contributed by atoms with Crippen LogP contribution in [0, 0.1) is 40.4 Å². The van der Waals surface area contributed by atoms with Gasteiger partial charge in [-0.15, -0.1) is 0 Å². The Morgan fingerprint density at radius 1 is 1.19 bits per heavy atom. The van der Waals surface area contributed by atoms with Crippen LogP contribution in [0.4, 0.5) is 0 Å². The van der Waals surface area contributed by atoms with Crippen LogP contribution in [0.2, 0.25) is 0 Å². The minimum absolute atomic E-state index is 0.124. The lowest BCUT2D eigenvalue weighted by atomic mass is 9.47. The van der Waals surface area contributed by atoms with Crippen molar-refractivity contribution in [3.63, 3.8) is 0 Å². The molecule has 2 N–H and O–H groups in total. The normalized spacial score (nSPS) is 47.4. The second kappa shape index (κ2) is 6.90. The number of fused-ring (bicyclic) bond motifs is 5. The fraction of sp³-hybridized carbons (Fsp3) is 0.875. The van der Waals surface area contributed by atoms with E-state index in [1.807, 2.05) is 0 Å². The van der Waals surface area contributed by atoms with Crippen molar-refractivity contribution < 1.29 is 15.0 Å². The largest absolute Gasteiger partial charge is 0.481 e. The van der Waals surface area contributed by atoms with E-state index >= 15 is 0 Å². The predicted molar refractivity (Wildman–Crippen MR) is 107 cm³/mol. The summed E-state index contributed by atoms with van der Waals surface area (Å²) in [5, 5.41) is 19.2. The number of hydrogen-bond acceptors (Lipinski definition) is 2. The van der Waals surface area contributed by atoms with Crippen LogP contribution in [0.1, 0.15) is 85.0 Å². The number of aliphatic hydroxyl groups is 1. The number of carbonyl (C=O) groups is 1. The zero-order chi connectivity index (χ0) is 19.4. The van der Waals surface area contributed by atoms with Crippen LogP contribution in [-0.4, -0.2) is 22.3 Å². The van der Waals surface area contributed by atoms with Crippen LogP contribution in [0.15, 0.2) is 11.6 Å². The maximum Gasteiger partial charge on any atom is 0.303 e. The molecule has 0 spiro atoms. The molecule has 0 bridgehead atoms. The third kappa shape index (κ3) is 3.09. The van der Waals surface area contributed by atoms with E-state index in [-0.39, 0.29) is 6.10 Å². The molecule has 3 saturated carbocycles. The first-order valence-electron chi connectivity index (χ1n) is 11.3. The van der Waals surface area contributed by atoms with Crippen LogP contribution in [0.25, 0.3) is 0 Å². The predicted octanol–water partition coefficient (Wildman–Crippen LogP) is 5.43. The van der Waals surface area contributed by atoms with Gasteiger partial charge in [-0.1, -0.05) is 32.4 Å². The van der Waals surface area contributed by atoms with E-state index in [1.165, 1.54) is 32.1 Å². The van der Waals surface area contributed by atoms with E-state index in [0.29, 0.717) is 29.1 Å². The number of hydrogen-bond donors (Lipinski definition) is 2. The topological polar surface area (TPSA) is 57.5 Å². The summed E-state index contributed by atoms with van der Waals surface area (Å²) in [7, 11) is 0. The first-order valence-corrected chi connectivity index (χ1v) is 11.3. The summed E-state index contributed by atoms with van der Waals surface area (Å²) in [6, 6.07) is 0. The standard InChI is InChI=1S/C24H38O3/c1-15(4-9-22(26)27)19-7-8-20-18-6-5-16-14-17(25)10-12-23(16,2)21(18)11-13-24(19,20)3/h5,15,17-21,25H,4,6-14H2,1-3H3,(H,26,27)/t15-,17-,18+,19-,20+,21-,23+,24-/m1/s1. The summed E-state index contributed by atoms with van der Waals surface area (Å²) in [6.07, 6.45) is 13.0. The van der Waals surface area contributed by atoms with Crippen LogP contribution in [0.5, 0.6) is 0 Å². The molecule has 0 amide bonds. The first kappa shape index (κ1) is 19.5. The third-order valence-electron chi connectivity index (χ3n) is 9.65. The lowest BCUT2D eigenvalue weighted by Crippen LogP contribution is -2.50. The quantitative estimate of drug-likeness (QED) is 0.645. The van der Waals surface area contributed by atoms with Crippen LogP contribution in [0.3, 0.4) is 0 Å². The van der Waals surface area contributed by atoms with Gasteiger partial charge in [-0.25, -0.2) is 0 Å². The maximum absolute atomic E-state index is 11.0. The van der Waals surface area contributed by atoms with Crippen LogP contribution < -0.4 is 0 Å². The summed E-state index contributed by atoms with van der Waals surface area (Å²) < 4.78 is 0. The molecule has 4 rings (SSSR count). The van der Waals surface area contributed by atoms with Crippen molar-refractivity contribution >= 4 is 5.97 Å². The average molecular weight is 375 g/mol. The fourth-order valence-electron chi connectivity index (χ4n) is 8.17. The van der Waals surface area contributed by atoms with Gasteiger partial charge in [-0.05, 0) is 98.2 Å². The summed E-state index contributed by atoms with van der Waals surface area (Å²) in [6.45, 7) is 7.33. The van der Waals surface area contributed by atoms with Gasteiger partial charge in [0, 0.05) is 6.42 Å². The number of carboxylic acid groups (broad SMARTS) is 1. The second-order valence-corrected chi connectivity index (χ2v) is 10.8. The van der Waals surface area contributed by atoms with E-state index in [9.17, 15) is 9.90 Å². The second-order valence-electron chi connectivity index (χ2n) is 10.8. The van der Waals surface area contributed by atoms with Crippen molar-refractivity contribution in [2.24, 2.45) is 40.4 Å². The van der Waals surface area contributed by atoms with Gasteiger partial charge >= 0.3 is 5.97 Å². The average Bonchev–Trinajstić information content (AvgIpc) is 2.97. The number of rotatable bonds is 4. The van der Waals surface area contributed by atoms with Gasteiger partial charge in [0.2, 0.25) is 0 Å². The van der Waals surface area contributed by atoms with Crippen molar-refractivity contribution in [3.05, 3.63) is 11.6 Å². The number of aliphatic carboxylic acids is 1. The van der Waals surface area contributed by atoms with E-state index in [2.05, 4.69) is 26.8 Å². The summed E-state index contributed by atoms with van der Waals surface area (Å²) in [5.41, 5.74) is 2.27. The number of allylic oxidation sites excluding steroid dienone is 1. The van der Waals surface area contributed by atoms with Crippen molar-refractivity contribution in [2.75, 3.05) is 0 Å². The highest BCUT2D eigenvalue weighted by Crippen LogP contribution is 2.67. The zero-order valence-corrected chi connectivity index (χ0v) is 17.4. The molecule has 4 aliphatic carbocycles. The lowest BCUT2D eigenvalue weighted by Gasteiger charge is -2.58. The van der Waals surface area contributed by atoms with Crippen LogP contribution >= 0.6 is 0 Å². The molecule has 27 heavy (non-hydrogen) atoms. The molecule has 0 aromatic heterocycles. The molecular weight excluding hydrogens is 336 g/mol. The highest BCUT2D eigenvalue weighted by Gasteiger charge is 2.59. The molecule has 3 heteroatoms. The smallest absolute Gasteiger partial charge is 0.303 e. The molecular formula is C24H38O3. The first-order chi connectivity index (χ1) is 12.8. The van der Waals surface area contributed by atoms with Gasteiger partial charge in [0.25, 0.3) is 0 Å². The van der Waals surface area contributed by atoms with Crippen molar-refractivity contribution in [1.29, 1.82) is 0 Å². The summed E-state index contributed by atoms with van der Waals surface area (Å²) in [5.74, 6) is 2.94. The minimum Gasteiger partial charge on any atom is -0.481 e. The molecule has 4 aliphatic rings. The minimum atomic E-state index is -0.650. The molecule has 0 aliphatic heterocycles. The Bertz CT molecular complexity index is 625. The molecule has 0 radical (unpaired) electrons. The number of carboxylic acids is 1. The monoisotopic (exact) mass is 374 g/mol. The molecule has 0 saturated heterocycles. The molecule has 152 valence electrons. The summed E-state index contributed by atoms with van der Waals surface area (Å²) in [4.78, 5) is 11.0. The number of aliphatic hydroxyl groups excluding tert-OH is 1. The Kier molecular flexibility index (Phi) is 4.98. The van der Waals surface area contributed by atoms with E-state index in [4.69, 9.17) is 5.11 Å². The molecule has 0 aromatic carbocycles. The van der Waals surface area contributed by atoms with Gasteiger partial charge in [-0.3, -0.25) is 4.79 Å². The third-order valence-corrected chi connectivity index (χ3v) is 9.65. The molecule has 0 heterocycles. The highest BCUT2D eigenvalue weighted by atomic mass is 16.4. The van der Waals surface area contributed by atoms with E-state index < -0.39 is 5.97 Å². The Balaban J connectivity index is 1.54. The molecule has 0 aromatic rings. The Hall–Kier alpha value is -0.830. The Morgan fingerprint density at radius 2 is 1.96 bits per heavy atom. The molecule has 3 nitrogen and oxygen atoms in total. The fourth-order valence-corrected chi connectivity index (χ4v) is 8.17. The zero-order valence-electron chi connectivity index (χ0n) is 17.4. The SMILES string of the molecule is C[C@H](CCC(=O)O)[C@H]1CC[C@H]2[C@@H]3CC=C4C[C@H](O)CC[C@]4(C)[C@@H]3CC[C@]12C. The van der Waals surface area contributed by atoms with Gasteiger partial charge in [0.15, 0.2) is 0 Å². The molecule has 3 fully saturated rings. The van der Waals surface area contributed by atoms with Crippen molar-refractivity contribution in [2.45, 2.75) is 91.1 Å². The Morgan fingerprint density at radius 3 is 2.70 bits per heavy atom. The van der Waals surface area contributed by atoms with Crippen molar-refractivity contribution in [1.82, 2.24) is 0 Å². The van der Waals surface area contributed by atoms with Gasteiger partial charge in [0.1, 0.15) is 0 Å². The molecule has 0 unspecified atom stereocenters. The summed E-state index contributed by atoms with van der Waals surface area (Å²) >= 11 is 0. The molecule has 8 atom stereocenters.